The third kappa shape index (κ3) is 4.12. The third-order valence-corrected chi connectivity index (χ3v) is 5.43. The molecule has 0 N–H and O–H groups in total. The zero-order chi connectivity index (χ0) is 21.1. The highest BCUT2D eigenvalue weighted by molar-refractivity contribution is 5.43. The zero-order valence-corrected chi connectivity index (χ0v) is 17.0. The molecule has 1 fully saturated rings. The lowest BCUT2D eigenvalue weighted by atomic mass is 10.1. The Morgan fingerprint density at radius 2 is 1.67 bits per heavy atom. The van der Waals surface area contributed by atoms with Gasteiger partial charge in [0, 0.05) is 36.7 Å². The first-order valence-corrected chi connectivity index (χ1v) is 9.83. The quantitative estimate of drug-likeness (QED) is 0.503. The van der Waals surface area contributed by atoms with Crippen molar-refractivity contribution in [2.24, 2.45) is 0 Å². The minimum Gasteiger partial charge on any atom is -0.493 e. The molecule has 2 aliphatic rings. The maximum atomic E-state index is 11.9. The van der Waals surface area contributed by atoms with E-state index in [0.717, 1.165) is 11.5 Å². The highest BCUT2D eigenvalue weighted by Crippen LogP contribution is 2.35. The molecule has 0 bridgehead atoms. The van der Waals surface area contributed by atoms with Crippen molar-refractivity contribution in [1.29, 1.82) is 0 Å². The highest BCUT2D eigenvalue weighted by atomic mass is 16.7. The molecule has 2 aromatic carbocycles. The SMILES string of the molecule is COc1ccc(C(N2CCN(CC3Oc4ccccc4O3)CC2)[N+](=O)[O-])cc1OC. The van der Waals surface area contributed by atoms with E-state index in [0.29, 0.717) is 49.8 Å². The van der Waals surface area contributed by atoms with Gasteiger partial charge in [-0.2, -0.15) is 0 Å². The molecule has 0 amide bonds. The number of piperazine rings is 1. The van der Waals surface area contributed by atoms with Crippen molar-refractivity contribution < 1.29 is 23.9 Å². The molecule has 0 aliphatic carbocycles. The number of benzene rings is 2. The van der Waals surface area contributed by atoms with Crippen LogP contribution in [-0.2, 0) is 0 Å². The smallest absolute Gasteiger partial charge is 0.294 e. The predicted molar refractivity (Wildman–Crippen MR) is 109 cm³/mol. The van der Waals surface area contributed by atoms with Gasteiger partial charge in [-0.3, -0.25) is 15.0 Å². The molecule has 9 heteroatoms. The fraction of sp³-hybridized carbons (Fsp3) is 0.429. The first kappa shape index (κ1) is 20.2. The maximum absolute atomic E-state index is 11.9. The molecule has 4 rings (SSSR count). The average molecular weight is 415 g/mol. The van der Waals surface area contributed by atoms with Crippen LogP contribution >= 0.6 is 0 Å². The molecular weight excluding hydrogens is 390 g/mol. The molecule has 2 aliphatic heterocycles. The summed E-state index contributed by atoms with van der Waals surface area (Å²) in [5, 5.41) is 11.9. The van der Waals surface area contributed by atoms with Gasteiger partial charge in [-0.15, -0.1) is 0 Å². The highest BCUT2D eigenvalue weighted by Gasteiger charge is 2.35. The lowest BCUT2D eigenvalue weighted by Crippen LogP contribution is -2.51. The second kappa shape index (κ2) is 8.76. The second-order valence-electron chi connectivity index (χ2n) is 7.22. The van der Waals surface area contributed by atoms with Crippen LogP contribution in [0.5, 0.6) is 23.0 Å². The summed E-state index contributed by atoms with van der Waals surface area (Å²) in [6, 6.07) is 12.7. The van der Waals surface area contributed by atoms with Gasteiger partial charge < -0.3 is 18.9 Å². The molecular formula is C21H25N3O6. The molecule has 2 aromatic rings. The standard InChI is InChI=1S/C21H25N3O6/c1-27-16-8-7-15(13-19(16)28-2)21(24(25)26)23-11-9-22(10-12-23)14-20-29-17-5-3-4-6-18(17)30-20/h3-8,13,20-21H,9-12,14H2,1-2H3. The van der Waals surface area contributed by atoms with E-state index in [-0.39, 0.29) is 11.2 Å². The minimum absolute atomic E-state index is 0.253. The number of hydrogen-bond acceptors (Lipinski definition) is 8. The van der Waals surface area contributed by atoms with Crippen LogP contribution in [0.4, 0.5) is 0 Å². The summed E-state index contributed by atoms with van der Waals surface area (Å²) < 4.78 is 22.2. The normalized spacial score (nSPS) is 18.2. The van der Waals surface area contributed by atoms with E-state index in [4.69, 9.17) is 18.9 Å². The average Bonchev–Trinajstić information content (AvgIpc) is 3.17. The number of hydrogen-bond donors (Lipinski definition) is 0. The fourth-order valence-corrected chi connectivity index (χ4v) is 3.91. The third-order valence-electron chi connectivity index (χ3n) is 5.43. The van der Waals surface area contributed by atoms with Gasteiger partial charge in [0.2, 0.25) is 0 Å². The molecule has 1 unspecified atom stereocenters. The lowest BCUT2D eigenvalue weighted by Gasteiger charge is -2.36. The van der Waals surface area contributed by atoms with Gasteiger partial charge in [-0.05, 0) is 30.3 Å². The molecule has 1 atom stereocenters. The van der Waals surface area contributed by atoms with Crippen molar-refractivity contribution >= 4 is 0 Å². The number of methoxy groups -OCH3 is 2. The summed E-state index contributed by atoms with van der Waals surface area (Å²) in [4.78, 5) is 15.7. The molecule has 1 saturated heterocycles. The maximum Gasteiger partial charge on any atom is 0.294 e. The largest absolute Gasteiger partial charge is 0.493 e. The molecule has 0 aromatic heterocycles. The van der Waals surface area contributed by atoms with E-state index in [2.05, 4.69) is 4.90 Å². The van der Waals surface area contributed by atoms with Crippen LogP contribution in [0.2, 0.25) is 0 Å². The Bertz CT molecular complexity index is 875. The summed E-state index contributed by atoms with van der Waals surface area (Å²) in [7, 11) is 3.06. The molecule has 30 heavy (non-hydrogen) atoms. The van der Waals surface area contributed by atoms with Crippen molar-refractivity contribution in [1.82, 2.24) is 9.80 Å². The van der Waals surface area contributed by atoms with E-state index < -0.39 is 6.17 Å². The lowest BCUT2D eigenvalue weighted by molar-refractivity contribution is -0.559. The molecule has 160 valence electrons. The van der Waals surface area contributed by atoms with Gasteiger partial charge >= 0.3 is 0 Å². The van der Waals surface area contributed by atoms with Crippen molar-refractivity contribution in [3.05, 3.63) is 58.1 Å². The Kier molecular flexibility index (Phi) is 5.91. The van der Waals surface area contributed by atoms with Crippen molar-refractivity contribution in [2.75, 3.05) is 46.9 Å². The second-order valence-corrected chi connectivity index (χ2v) is 7.22. The van der Waals surface area contributed by atoms with E-state index in [1.165, 1.54) is 14.2 Å². The Labute approximate surface area is 174 Å². The number of fused-ring (bicyclic) bond motifs is 1. The van der Waals surface area contributed by atoms with Gasteiger partial charge in [0.15, 0.2) is 23.0 Å². The van der Waals surface area contributed by atoms with Crippen molar-refractivity contribution in [3.8, 4) is 23.0 Å². The Hall–Kier alpha value is -3.04. The van der Waals surface area contributed by atoms with E-state index in [1.807, 2.05) is 29.2 Å². The summed E-state index contributed by atoms with van der Waals surface area (Å²) >= 11 is 0. The molecule has 0 saturated carbocycles. The van der Waals surface area contributed by atoms with Crippen LogP contribution < -0.4 is 18.9 Å². The first-order valence-electron chi connectivity index (χ1n) is 9.83. The number of para-hydroxylation sites is 2. The number of rotatable bonds is 7. The number of nitrogens with zero attached hydrogens (tertiary/aromatic N) is 3. The summed E-state index contributed by atoms with van der Waals surface area (Å²) in [6.45, 7) is 3.13. The fourth-order valence-electron chi connectivity index (χ4n) is 3.91. The molecule has 2 heterocycles. The van der Waals surface area contributed by atoms with Gasteiger partial charge in [-0.25, -0.2) is 4.90 Å². The number of nitro groups is 1. The van der Waals surface area contributed by atoms with E-state index in [9.17, 15) is 10.1 Å². The van der Waals surface area contributed by atoms with Gasteiger partial charge in [0.25, 0.3) is 12.5 Å². The Morgan fingerprint density at radius 1 is 1.03 bits per heavy atom. The molecule has 0 radical (unpaired) electrons. The van der Waals surface area contributed by atoms with Gasteiger partial charge in [-0.1, -0.05) is 12.1 Å². The van der Waals surface area contributed by atoms with Crippen molar-refractivity contribution in [3.63, 3.8) is 0 Å². The summed E-state index contributed by atoms with van der Waals surface area (Å²) in [5.41, 5.74) is 0.573. The predicted octanol–water partition coefficient (Wildman–Crippen LogP) is 2.39. The zero-order valence-electron chi connectivity index (χ0n) is 17.0. The Morgan fingerprint density at radius 3 is 2.23 bits per heavy atom. The van der Waals surface area contributed by atoms with Crippen molar-refractivity contribution in [2.45, 2.75) is 12.5 Å². The number of ether oxygens (including phenoxy) is 4. The van der Waals surface area contributed by atoms with E-state index in [1.54, 1.807) is 18.2 Å². The van der Waals surface area contributed by atoms with Gasteiger partial charge in [0.05, 0.1) is 20.8 Å². The van der Waals surface area contributed by atoms with Crippen LogP contribution in [0.1, 0.15) is 11.7 Å². The molecule has 9 nitrogen and oxygen atoms in total. The topological polar surface area (TPSA) is 86.5 Å². The van der Waals surface area contributed by atoms with Gasteiger partial charge in [0.1, 0.15) is 0 Å². The monoisotopic (exact) mass is 415 g/mol. The first-order chi connectivity index (χ1) is 14.6. The summed E-state index contributed by atoms with van der Waals surface area (Å²) in [6.07, 6.45) is -1.29. The van der Waals surface area contributed by atoms with Crippen LogP contribution in [-0.4, -0.2) is 68.0 Å². The Balaban J connectivity index is 1.38. The van der Waals surface area contributed by atoms with Crippen LogP contribution in [0.15, 0.2) is 42.5 Å². The molecule has 0 spiro atoms. The van der Waals surface area contributed by atoms with Crippen LogP contribution in [0.25, 0.3) is 0 Å². The summed E-state index contributed by atoms with van der Waals surface area (Å²) in [5.74, 6) is 2.53. The minimum atomic E-state index is -0.935. The van der Waals surface area contributed by atoms with E-state index >= 15 is 0 Å². The van der Waals surface area contributed by atoms with Crippen LogP contribution in [0, 0.1) is 10.1 Å². The van der Waals surface area contributed by atoms with Crippen LogP contribution in [0.3, 0.4) is 0 Å².